The summed E-state index contributed by atoms with van der Waals surface area (Å²) in [6.45, 7) is 1.97. The first-order valence-corrected chi connectivity index (χ1v) is 5.43. The third-order valence-corrected chi connectivity index (χ3v) is 3.29. The van der Waals surface area contributed by atoms with E-state index < -0.39 is 0 Å². The molecule has 0 aliphatic heterocycles. The van der Waals surface area contributed by atoms with E-state index in [0.29, 0.717) is 5.56 Å². The van der Waals surface area contributed by atoms with Crippen LogP contribution >= 0.6 is 11.8 Å². The number of aromatic nitrogens is 4. The molecule has 0 atom stereocenters. The number of hydrogen-bond donors (Lipinski definition) is 0. The van der Waals surface area contributed by atoms with Crippen LogP contribution in [0.15, 0.2) is 28.3 Å². The minimum atomic E-state index is 0.665. The van der Waals surface area contributed by atoms with Gasteiger partial charge in [-0.1, -0.05) is 0 Å². The second-order valence-electron chi connectivity index (χ2n) is 3.28. The van der Waals surface area contributed by atoms with Crippen LogP contribution in [0.2, 0.25) is 0 Å². The average Bonchev–Trinajstić information content (AvgIpc) is 2.67. The summed E-state index contributed by atoms with van der Waals surface area (Å²) in [5, 5.41) is 20.7. The van der Waals surface area contributed by atoms with Crippen LogP contribution in [0.4, 0.5) is 0 Å². The normalized spacial score (nSPS) is 10.1. The van der Waals surface area contributed by atoms with Gasteiger partial charge in [-0.2, -0.15) is 5.26 Å². The smallest absolute Gasteiger partial charge is 0.213 e. The summed E-state index contributed by atoms with van der Waals surface area (Å²) in [5.74, 6) is 0. The summed E-state index contributed by atoms with van der Waals surface area (Å²) in [5.41, 5.74) is 1.71. The molecule has 80 valence electrons. The van der Waals surface area contributed by atoms with E-state index in [1.165, 1.54) is 11.8 Å². The first-order chi connectivity index (χ1) is 7.70. The van der Waals surface area contributed by atoms with Crippen molar-refractivity contribution in [1.29, 1.82) is 5.26 Å². The lowest BCUT2D eigenvalue weighted by Crippen LogP contribution is -1.93. The molecular weight excluding hydrogens is 222 g/mol. The van der Waals surface area contributed by atoms with Crippen molar-refractivity contribution in [3.63, 3.8) is 0 Å². The summed E-state index contributed by atoms with van der Waals surface area (Å²) in [6, 6.07) is 7.66. The molecule has 0 spiro atoms. The van der Waals surface area contributed by atoms with Crippen molar-refractivity contribution in [2.24, 2.45) is 7.05 Å². The van der Waals surface area contributed by atoms with Crippen LogP contribution in [-0.2, 0) is 7.05 Å². The first-order valence-electron chi connectivity index (χ1n) is 4.61. The van der Waals surface area contributed by atoms with Crippen molar-refractivity contribution < 1.29 is 0 Å². The summed E-state index contributed by atoms with van der Waals surface area (Å²) in [7, 11) is 1.79. The van der Waals surface area contributed by atoms with Gasteiger partial charge in [0.2, 0.25) is 5.16 Å². The standard InChI is InChI=1S/C10H9N5S/c1-7-5-8(6-11)3-4-9(7)16-10-12-13-14-15(10)2/h3-5H,1-2H3. The second-order valence-corrected chi connectivity index (χ2v) is 4.29. The highest BCUT2D eigenvalue weighted by Crippen LogP contribution is 2.28. The van der Waals surface area contributed by atoms with E-state index in [1.807, 2.05) is 19.1 Å². The number of benzene rings is 1. The number of aryl methyl sites for hydroxylation is 2. The van der Waals surface area contributed by atoms with Gasteiger partial charge in [0.05, 0.1) is 11.6 Å². The predicted octanol–water partition coefficient (Wildman–Crippen LogP) is 1.54. The van der Waals surface area contributed by atoms with Crippen molar-refractivity contribution in [2.75, 3.05) is 0 Å². The molecule has 5 nitrogen and oxygen atoms in total. The number of nitriles is 1. The van der Waals surface area contributed by atoms with Gasteiger partial charge in [-0.25, -0.2) is 4.68 Å². The molecule has 2 rings (SSSR count). The Morgan fingerprint density at radius 1 is 1.44 bits per heavy atom. The van der Waals surface area contributed by atoms with Gasteiger partial charge < -0.3 is 0 Å². The van der Waals surface area contributed by atoms with Crippen LogP contribution in [0.3, 0.4) is 0 Å². The van der Waals surface area contributed by atoms with E-state index in [1.54, 1.807) is 17.8 Å². The van der Waals surface area contributed by atoms with Crippen LogP contribution in [0, 0.1) is 18.3 Å². The van der Waals surface area contributed by atoms with Gasteiger partial charge >= 0.3 is 0 Å². The van der Waals surface area contributed by atoms with Crippen LogP contribution in [0.1, 0.15) is 11.1 Å². The molecule has 0 aliphatic carbocycles. The molecule has 0 saturated heterocycles. The van der Waals surface area contributed by atoms with Gasteiger partial charge in [0.15, 0.2) is 0 Å². The fourth-order valence-corrected chi connectivity index (χ4v) is 2.04. The Kier molecular flexibility index (Phi) is 2.88. The van der Waals surface area contributed by atoms with Crippen LogP contribution in [0.25, 0.3) is 0 Å². The largest absolute Gasteiger partial charge is 0.223 e. The highest BCUT2D eigenvalue weighted by atomic mass is 32.2. The summed E-state index contributed by atoms with van der Waals surface area (Å²) < 4.78 is 1.61. The van der Waals surface area contributed by atoms with Crippen LogP contribution in [0.5, 0.6) is 0 Å². The van der Waals surface area contributed by atoms with Gasteiger partial charge in [-0.05, 0) is 52.9 Å². The lowest BCUT2D eigenvalue weighted by molar-refractivity contribution is 0.664. The zero-order valence-electron chi connectivity index (χ0n) is 8.88. The number of rotatable bonds is 2. The zero-order valence-corrected chi connectivity index (χ0v) is 9.69. The third-order valence-electron chi connectivity index (χ3n) is 2.09. The Bertz CT molecular complexity index is 555. The number of tetrazole rings is 1. The van der Waals surface area contributed by atoms with E-state index in [2.05, 4.69) is 21.6 Å². The molecule has 1 heterocycles. The molecule has 2 aromatic rings. The lowest BCUT2D eigenvalue weighted by Gasteiger charge is -2.03. The third kappa shape index (κ3) is 2.04. The predicted molar refractivity (Wildman–Crippen MR) is 58.8 cm³/mol. The molecule has 0 N–H and O–H groups in total. The molecule has 0 saturated carbocycles. The van der Waals surface area contributed by atoms with Crippen molar-refractivity contribution in [2.45, 2.75) is 17.0 Å². The van der Waals surface area contributed by atoms with Crippen molar-refractivity contribution >= 4 is 11.8 Å². The van der Waals surface area contributed by atoms with E-state index in [4.69, 9.17) is 5.26 Å². The van der Waals surface area contributed by atoms with E-state index in [-0.39, 0.29) is 0 Å². The highest BCUT2D eigenvalue weighted by molar-refractivity contribution is 7.99. The Morgan fingerprint density at radius 3 is 2.81 bits per heavy atom. The minimum Gasteiger partial charge on any atom is -0.223 e. The average molecular weight is 231 g/mol. The Balaban J connectivity index is 2.30. The Morgan fingerprint density at radius 2 is 2.25 bits per heavy atom. The van der Waals surface area contributed by atoms with Crippen LogP contribution < -0.4 is 0 Å². The molecule has 0 amide bonds. The summed E-state index contributed by atoms with van der Waals surface area (Å²) in [6.07, 6.45) is 0. The molecule has 0 radical (unpaired) electrons. The molecule has 0 bridgehead atoms. The second kappa shape index (κ2) is 4.33. The molecule has 0 fully saturated rings. The quantitative estimate of drug-likeness (QED) is 0.784. The van der Waals surface area contributed by atoms with Gasteiger partial charge in [-0.15, -0.1) is 5.10 Å². The van der Waals surface area contributed by atoms with Gasteiger partial charge in [0.1, 0.15) is 0 Å². The van der Waals surface area contributed by atoms with Gasteiger partial charge in [-0.3, -0.25) is 0 Å². The SMILES string of the molecule is Cc1cc(C#N)ccc1Sc1nnnn1C. The number of hydrogen-bond acceptors (Lipinski definition) is 5. The summed E-state index contributed by atoms with van der Waals surface area (Å²) in [4.78, 5) is 1.05. The maximum Gasteiger partial charge on any atom is 0.213 e. The lowest BCUT2D eigenvalue weighted by atomic mass is 10.2. The molecule has 0 unspecified atom stereocenters. The van der Waals surface area contributed by atoms with E-state index >= 15 is 0 Å². The Labute approximate surface area is 97.1 Å². The number of nitrogens with zero attached hydrogens (tertiary/aromatic N) is 5. The monoisotopic (exact) mass is 231 g/mol. The van der Waals surface area contributed by atoms with Crippen molar-refractivity contribution in [3.8, 4) is 6.07 Å². The molecule has 0 aliphatic rings. The van der Waals surface area contributed by atoms with Crippen molar-refractivity contribution in [3.05, 3.63) is 29.3 Å². The molecule has 6 heteroatoms. The maximum absolute atomic E-state index is 8.76. The fourth-order valence-electron chi connectivity index (χ4n) is 1.24. The molecule has 1 aromatic heterocycles. The van der Waals surface area contributed by atoms with Crippen LogP contribution in [-0.4, -0.2) is 20.2 Å². The minimum absolute atomic E-state index is 0.665. The fraction of sp³-hybridized carbons (Fsp3) is 0.200. The molecular formula is C10H9N5S. The van der Waals surface area contributed by atoms with E-state index in [9.17, 15) is 0 Å². The van der Waals surface area contributed by atoms with Crippen molar-refractivity contribution in [1.82, 2.24) is 20.2 Å². The molecule has 16 heavy (non-hydrogen) atoms. The van der Waals surface area contributed by atoms with E-state index in [0.717, 1.165) is 15.6 Å². The van der Waals surface area contributed by atoms with Gasteiger partial charge in [0.25, 0.3) is 0 Å². The maximum atomic E-state index is 8.76. The topological polar surface area (TPSA) is 67.4 Å². The molecule has 1 aromatic carbocycles. The zero-order chi connectivity index (χ0) is 11.5. The first kappa shape index (κ1) is 10.6. The summed E-state index contributed by atoms with van der Waals surface area (Å²) >= 11 is 1.48. The highest BCUT2D eigenvalue weighted by Gasteiger charge is 2.07. The Hall–Kier alpha value is -1.87. The van der Waals surface area contributed by atoms with Gasteiger partial charge in [0, 0.05) is 11.9 Å².